The predicted molar refractivity (Wildman–Crippen MR) is 136 cm³/mol. The highest BCUT2D eigenvalue weighted by Crippen LogP contribution is 2.28. The van der Waals surface area contributed by atoms with Crippen LogP contribution >= 0.6 is 11.3 Å². The molecule has 9 heteroatoms. The third-order valence-electron chi connectivity index (χ3n) is 6.28. The molecule has 0 bridgehead atoms. The van der Waals surface area contributed by atoms with Crippen molar-refractivity contribution in [3.63, 3.8) is 0 Å². The molecule has 180 valence electrons. The summed E-state index contributed by atoms with van der Waals surface area (Å²) in [6.07, 6.45) is 3.39. The fraction of sp³-hybridized carbons (Fsp3) is 0.308. The average molecular weight is 489 g/mol. The minimum Gasteiger partial charge on any atom is -0.467 e. The van der Waals surface area contributed by atoms with E-state index in [9.17, 15) is 4.79 Å². The molecule has 35 heavy (non-hydrogen) atoms. The largest absolute Gasteiger partial charge is 0.467 e. The van der Waals surface area contributed by atoms with Crippen LogP contribution in [0, 0.1) is 0 Å². The first kappa shape index (κ1) is 23.2. The Labute approximate surface area is 207 Å². The molecule has 1 aromatic carbocycles. The second kappa shape index (κ2) is 10.4. The van der Waals surface area contributed by atoms with Crippen LogP contribution in [0.5, 0.6) is 0 Å². The standard InChI is InChI=1S/C26H28N6O2S/c1-3-18-9-10-23-19(13-18)14-20(26(33)27-23)15-31(17-22-8-6-12-35-22)24(4-2)25-28-29-30-32(25)16-21-7-5-11-34-21/h5-14,24H,3-4,15-17H2,1-2H3,(H,27,33)/t24-/m0/s1. The van der Waals surface area contributed by atoms with E-state index in [4.69, 9.17) is 4.42 Å². The molecule has 0 spiro atoms. The Morgan fingerprint density at radius 2 is 2.06 bits per heavy atom. The molecule has 0 aliphatic carbocycles. The van der Waals surface area contributed by atoms with E-state index in [1.165, 1.54) is 10.4 Å². The van der Waals surface area contributed by atoms with Crippen LogP contribution in [-0.2, 0) is 26.1 Å². The van der Waals surface area contributed by atoms with Gasteiger partial charge in [0.15, 0.2) is 5.82 Å². The maximum atomic E-state index is 13.1. The summed E-state index contributed by atoms with van der Waals surface area (Å²) in [5.41, 5.74) is 2.76. The average Bonchev–Trinajstić information content (AvgIpc) is 3.65. The smallest absolute Gasteiger partial charge is 0.252 e. The first-order valence-electron chi connectivity index (χ1n) is 11.8. The molecular weight excluding hydrogens is 460 g/mol. The Morgan fingerprint density at radius 1 is 1.14 bits per heavy atom. The van der Waals surface area contributed by atoms with Crippen molar-refractivity contribution in [3.8, 4) is 0 Å². The maximum absolute atomic E-state index is 13.1. The molecule has 0 saturated heterocycles. The lowest BCUT2D eigenvalue weighted by molar-refractivity contribution is 0.162. The number of benzene rings is 1. The SMILES string of the molecule is CCc1ccc2[nH]c(=O)c(CN(Cc3cccs3)[C@@H](CC)c3nnnn3Cc3ccco3)cc2c1. The first-order valence-corrected chi connectivity index (χ1v) is 12.7. The quantitative estimate of drug-likeness (QED) is 0.300. The van der Waals surface area contributed by atoms with Crippen molar-refractivity contribution < 1.29 is 4.42 Å². The Bertz CT molecular complexity index is 1440. The van der Waals surface area contributed by atoms with Gasteiger partial charge < -0.3 is 9.40 Å². The van der Waals surface area contributed by atoms with Crippen LogP contribution in [0.25, 0.3) is 10.9 Å². The Balaban J connectivity index is 1.51. The number of rotatable bonds is 10. The molecular formula is C26H28N6O2S. The number of pyridine rings is 1. The van der Waals surface area contributed by atoms with Gasteiger partial charge in [-0.15, -0.1) is 16.4 Å². The van der Waals surface area contributed by atoms with E-state index in [1.54, 1.807) is 22.3 Å². The number of aromatic amines is 1. The summed E-state index contributed by atoms with van der Waals surface area (Å²) in [7, 11) is 0. The lowest BCUT2D eigenvalue weighted by atomic mass is 10.1. The zero-order valence-corrected chi connectivity index (χ0v) is 20.7. The van der Waals surface area contributed by atoms with E-state index in [2.05, 4.69) is 68.9 Å². The van der Waals surface area contributed by atoms with Crippen LogP contribution in [0.15, 0.2) is 69.4 Å². The summed E-state index contributed by atoms with van der Waals surface area (Å²) in [6.45, 7) is 5.88. The molecule has 8 nitrogen and oxygen atoms in total. The lowest BCUT2D eigenvalue weighted by Gasteiger charge is -2.29. The van der Waals surface area contributed by atoms with Gasteiger partial charge in [-0.05, 0) is 76.0 Å². The van der Waals surface area contributed by atoms with Crippen LogP contribution in [0.1, 0.15) is 53.9 Å². The summed E-state index contributed by atoms with van der Waals surface area (Å²) in [5.74, 6) is 1.54. The number of hydrogen-bond acceptors (Lipinski definition) is 7. The Hall–Kier alpha value is -3.56. The molecule has 0 radical (unpaired) electrons. The van der Waals surface area contributed by atoms with E-state index in [1.807, 2.05) is 24.3 Å². The van der Waals surface area contributed by atoms with Crippen LogP contribution in [0.2, 0.25) is 0 Å². The summed E-state index contributed by atoms with van der Waals surface area (Å²) in [5, 5.41) is 15.7. The fourth-order valence-corrected chi connectivity index (χ4v) is 5.18. The number of tetrazole rings is 1. The first-order chi connectivity index (χ1) is 17.1. The molecule has 1 N–H and O–H groups in total. The molecule has 4 heterocycles. The number of H-pyrrole nitrogens is 1. The highest BCUT2D eigenvalue weighted by Gasteiger charge is 2.26. The van der Waals surface area contributed by atoms with Gasteiger partial charge in [0.1, 0.15) is 12.3 Å². The van der Waals surface area contributed by atoms with Gasteiger partial charge in [0.2, 0.25) is 0 Å². The number of nitrogens with one attached hydrogen (secondary N) is 1. The summed E-state index contributed by atoms with van der Waals surface area (Å²) in [6, 6.07) is 16.1. The summed E-state index contributed by atoms with van der Waals surface area (Å²) < 4.78 is 7.30. The van der Waals surface area contributed by atoms with E-state index < -0.39 is 0 Å². The van der Waals surface area contributed by atoms with Crippen molar-refractivity contribution in [1.29, 1.82) is 0 Å². The van der Waals surface area contributed by atoms with Gasteiger partial charge in [-0.3, -0.25) is 9.69 Å². The highest BCUT2D eigenvalue weighted by molar-refractivity contribution is 7.09. The van der Waals surface area contributed by atoms with E-state index in [0.29, 0.717) is 19.6 Å². The monoisotopic (exact) mass is 488 g/mol. The molecule has 5 aromatic rings. The van der Waals surface area contributed by atoms with Crippen molar-refractivity contribution in [2.24, 2.45) is 0 Å². The van der Waals surface area contributed by atoms with Gasteiger partial charge in [0, 0.05) is 29.0 Å². The van der Waals surface area contributed by atoms with Gasteiger partial charge >= 0.3 is 0 Å². The molecule has 0 aliphatic rings. The third kappa shape index (κ3) is 5.11. The molecule has 0 unspecified atom stereocenters. The van der Waals surface area contributed by atoms with Crippen molar-refractivity contribution in [2.75, 3.05) is 0 Å². The number of furan rings is 1. The van der Waals surface area contributed by atoms with E-state index in [-0.39, 0.29) is 11.6 Å². The van der Waals surface area contributed by atoms with Crippen molar-refractivity contribution in [3.05, 3.63) is 98.1 Å². The summed E-state index contributed by atoms with van der Waals surface area (Å²) in [4.78, 5) is 19.6. The minimum absolute atomic E-state index is 0.0667. The van der Waals surface area contributed by atoms with E-state index >= 15 is 0 Å². The Kier molecular flexibility index (Phi) is 6.87. The zero-order chi connectivity index (χ0) is 24.2. The van der Waals surface area contributed by atoms with Crippen LogP contribution < -0.4 is 5.56 Å². The number of aromatic nitrogens is 5. The van der Waals surface area contributed by atoms with Crippen LogP contribution in [0.3, 0.4) is 0 Å². The topological polar surface area (TPSA) is 92.8 Å². The zero-order valence-electron chi connectivity index (χ0n) is 19.8. The van der Waals surface area contributed by atoms with Crippen LogP contribution in [-0.4, -0.2) is 30.1 Å². The number of nitrogens with zero attached hydrogens (tertiary/aromatic N) is 5. The fourth-order valence-electron chi connectivity index (χ4n) is 4.45. The van der Waals surface area contributed by atoms with Gasteiger partial charge in [0.25, 0.3) is 5.56 Å². The normalized spacial score (nSPS) is 12.5. The summed E-state index contributed by atoms with van der Waals surface area (Å²) >= 11 is 1.71. The second-order valence-corrected chi connectivity index (χ2v) is 9.61. The number of thiophene rings is 1. The van der Waals surface area contributed by atoms with Gasteiger partial charge in [-0.1, -0.05) is 26.0 Å². The molecule has 0 amide bonds. The van der Waals surface area contributed by atoms with Crippen LogP contribution in [0.4, 0.5) is 0 Å². The van der Waals surface area contributed by atoms with Gasteiger partial charge in [-0.2, -0.15) is 0 Å². The van der Waals surface area contributed by atoms with Gasteiger partial charge in [-0.25, -0.2) is 4.68 Å². The minimum atomic E-state index is -0.0841. The predicted octanol–water partition coefficient (Wildman–Crippen LogP) is 4.93. The molecule has 1 atom stereocenters. The van der Waals surface area contributed by atoms with E-state index in [0.717, 1.165) is 40.9 Å². The number of fused-ring (bicyclic) bond motifs is 1. The number of aryl methyl sites for hydroxylation is 1. The highest BCUT2D eigenvalue weighted by atomic mass is 32.1. The van der Waals surface area contributed by atoms with Crippen molar-refractivity contribution in [1.82, 2.24) is 30.1 Å². The Morgan fingerprint density at radius 3 is 2.80 bits per heavy atom. The third-order valence-corrected chi connectivity index (χ3v) is 7.14. The van der Waals surface area contributed by atoms with Crippen molar-refractivity contribution >= 4 is 22.2 Å². The molecule has 0 fully saturated rings. The maximum Gasteiger partial charge on any atom is 0.252 e. The molecule has 5 rings (SSSR count). The number of hydrogen-bond donors (Lipinski definition) is 1. The second-order valence-electron chi connectivity index (χ2n) is 8.58. The van der Waals surface area contributed by atoms with Gasteiger partial charge in [0.05, 0.1) is 12.3 Å². The lowest BCUT2D eigenvalue weighted by Crippen LogP contribution is -2.32. The van der Waals surface area contributed by atoms with Crippen molar-refractivity contribution in [2.45, 2.75) is 52.4 Å². The molecule has 0 aliphatic heterocycles. The molecule has 0 saturated carbocycles. The molecule has 4 aromatic heterocycles.